The SMILES string of the molecule is Cn1c(C2CCCN2C(=O)c2n[nH]c3ccccc23)nc2ccccc21. The average molecular weight is 345 g/mol. The lowest BCUT2D eigenvalue weighted by Crippen LogP contribution is -2.32. The van der Waals surface area contributed by atoms with E-state index < -0.39 is 0 Å². The summed E-state index contributed by atoms with van der Waals surface area (Å²) in [5.74, 6) is 0.911. The van der Waals surface area contributed by atoms with Gasteiger partial charge in [-0.25, -0.2) is 4.98 Å². The van der Waals surface area contributed by atoms with Gasteiger partial charge in [0.15, 0.2) is 5.69 Å². The zero-order chi connectivity index (χ0) is 17.7. The van der Waals surface area contributed by atoms with Gasteiger partial charge in [0.2, 0.25) is 0 Å². The number of carbonyl (C=O) groups is 1. The summed E-state index contributed by atoms with van der Waals surface area (Å²) in [6.45, 7) is 0.730. The summed E-state index contributed by atoms with van der Waals surface area (Å²) in [6.07, 6.45) is 1.90. The van der Waals surface area contributed by atoms with Gasteiger partial charge < -0.3 is 9.47 Å². The van der Waals surface area contributed by atoms with Gasteiger partial charge in [0.25, 0.3) is 5.91 Å². The molecule has 0 saturated carbocycles. The van der Waals surface area contributed by atoms with E-state index in [1.807, 2.05) is 54.4 Å². The minimum Gasteiger partial charge on any atom is -0.329 e. The number of nitrogens with one attached hydrogen (secondary N) is 1. The van der Waals surface area contributed by atoms with Gasteiger partial charge in [0.1, 0.15) is 5.82 Å². The molecule has 0 aliphatic carbocycles. The third-order valence-electron chi connectivity index (χ3n) is 5.31. The Kier molecular flexibility index (Phi) is 3.31. The highest BCUT2D eigenvalue weighted by Gasteiger charge is 2.35. The van der Waals surface area contributed by atoms with Crippen LogP contribution in [0, 0.1) is 0 Å². The number of imidazole rings is 1. The molecule has 1 amide bonds. The van der Waals surface area contributed by atoms with Crippen LogP contribution in [0.2, 0.25) is 0 Å². The van der Waals surface area contributed by atoms with E-state index in [1.54, 1.807) is 0 Å². The molecular formula is C20H19N5O. The zero-order valence-corrected chi connectivity index (χ0v) is 14.5. The van der Waals surface area contributed by atoms with E-state index in [2.05, 4.69) is 20.8 Å². The number of benzene rings is 2. The number of aromatic nitrogens is 4. The summed E-state index contributed by atoms with van der Waals surface area (Å²) in [5.41, 5.74) is 3.43. The predicted octanol–water partition coefficient (Wildman–Crippen LogP) is 3.43. The smallest absolute Gasteiger partial charge is 0.275 e. The molecule has 1 unspecified atom stereocenters. The van der Waals surface area contributed by atoms with Crippen molar-refractivity contribution < 1.29 is 4.79 Å². The summed E-state index contributed by atoms with van der Waals surface area (Å²) in [6, 6.07) is 15.8. The number of fused-ring (bicyclic) bond motifs is 2. The summed E-state index contributed by atoms with van der Waals surface area (Å²) < 4.78 is 2.11. The van der Waals surface area contributed by atoms with Gasteiger partial charge in [-0.2, -0.15) is 5.10 Å². The average Bonchev–Trinajstić information content (AvgIpc) is 3.38. The molecule has 1 atom stereocenters. The van der Waals surface area contributed by atoms with E-state index >= 15 is 0 Å². The van der Waals surface area contributed by atoms with Crippen molar-refractivity contribution in [3.8, 4) is 0 Å². The van der Waals surface area contributed by atoms with Gasteiger partial charge in [0, 0.05) is 19.0 Å². The van der Waals surface area contributed by atoms with Crippen LogP contribution in [0.3, 0.4) is 0 Å². The predicted molar refractivity (Wildman–Crippen MR) is 99.8 cm³/mol. The number of hydrogen-bond donors (Lipinski definition) is 1. The number of rotatable bonds is 2. The van der Waals surface area contributed by atoms with E-state index in [0.717, 1.165) is 47.1 Å². The molecule has 3 heterocycles. The number of aryl methyl sites for hydroxylation is 1. The summed E-state index contributed by atoms with van der Waals surface area (Å²) in [5, 5.41) is 8.12. The number of aromatic amines is 1. The Morgan fingerprint density at radius 2 is 1.96 bits per heavy atom. The fraction of sp³-hybridized carbons (Fsp3) is 0.250. The van der Waals surface area contributed by atoms with Crippen LogP contribution < -0.4 is 0 Å². The van der Waals surface area contributed by atoms with Crippen LogP contribution in [0.1, 0.15) is 35.2 Å². The second-order valence-electron chi connectivity index (χ2n) is 6.79. The lowest BCUT2D eigenvalue weighted by atomic mass is 10.1. The molecule has 1 saturated heterocycles. The number of likely N-dealkylation sites (tertiary alicyclic amines) is 1. The lowest BCUT2D eigenvalue weighted by molar-refractivity contribution is 0.0724. The summed E-state index contributed by atoms with van der Waals surface area (Å²) >= 11 is 0. The maximum atomic E-state index is 13.2. The Morgan fingerprint density at radius 3 is 2.85 bits per heavy atom. The van der Waals surface area contributed by atoms with Gasteiger partial charge in [-0.3, -0.25) is 9.89 Å². The van der Waals surface area contributed by atoms with Crippen LogP contribution >= 0.6 is 0 Å². The second kappa shape index (κ2) is 5.69. The Bertz CT molecular complexity index is 1130. The standard InChI is InChI=1S/C20H19N5O/c1-24-16-10-5-4-9-15(16)21-19(24)17-11-6-12-25(17)20(26)18-13-7-2-3-8-14(13)22-23-18/h2-5,7-10,17H,6,11-12H2,1H3,(H,22,23). The van der Waals surface area contributed by atoms with Crippen LogP contribution in [-0.4, -0.2) is 37.1 Å². The van der Waals surface area contributed by atoms with Crippen molar-refractivity contribution in [3.63, 3.8) is 0 Å². The molecule has 5 rings (SSSR count). The van der Waals surface area contributed by atoms with E-state index in [4.69, 9.17) is 4.98 Å². The maximum Gasteiger partial charge on any atom is 0.275 e. The first-order chi connectivity index (χ1) is 12.7. The quantitative estimate of drug-likeness (QED) is 0.605. The molecule has 4 aromatic rings. The van der Waals surface area contributed by atoms with E-state index in [-0.39, 0.29) is 11.9 Å². The van der Waals surface area contributed by atoms with Gasteiger partial charge in [-0.15, -0.1) is 0 Å². The van der Waals surface area contributed by atoms with Gasteiger partial charge >= 0.3 is 0 Å². The Morgan fingerprint density at radius 1 is 1.15 bits per heavy atom. The number of carbonyl (C=O) groups excluding carboxylic acids is 1. The lowest BCUT2D eigenvalue weighted by Gasteiger charge is -2.23. The molecule has 0 bridgehead atoms. The summed E-state index contributed by atoms with van der Waals surface area (Å²) in [4.78, 5) is 20.0. The van der Waals surface area contributed by atoms with Crippen molar-refractivity contribution in [1.29, 1.82) is 0 Å². The molecule has 6 heteroatoms. The third kappa shape index (κ3) is 2.15. The number of para-hydroxylation sites is 3. The van der Waals surface area contributed by atoms with E-state index in [0.29, 0.717) is 5.69 Å². The first-order valence-electron chi connectivity index (χ1n) is 8.89. The number of hydrogen-bond acceptors (Lipinski definition) is 3. The van der Waals surface area contributed by atoms with E-state index in [1.165, 1.54) is 0 Å². The molecule has 0 radical (unpaired) electrons. The highest BCUT2D eigenvalue weighted by molar-refractivity contribution is 6.04. The van der Waals surface area contributed by atoms with Crippen molar-refractivity contribution in [2.24, 2.45) is 7.05 Å². The molecule has 1 aliphatic heterocycles. The minimum absolute atomic E-state index is 0.0182. The van der Waals surface area contributed by atoms with Crippen LogP contribution in [0.15, 0.2) is 48.5 Å². The van der Waals surface area contributed by atoms with Gasteiger partial charge in [-0.05, 0) is 31.0 Å². The molecule has 6 nitrogen and oxygen atoms in total. The molecular weight excluding hydrogens is 326 g/mol. The Balaban J connectivity index is 1.56. The molecule has 1 N–H and O–H groups in total. The highest BCUT2D eigenvalue weighted by Crippen LogP contribution is 2.34. The monoisotopic (exact) mass is 345 g/mol. The minimum atomic E-state index is -0.0305. The maximum absolute atomic E-state index is 13.2. The van der Waals surface area contributed by atoms with Gasteiger partial charge in [-0.1, -0.05) is 30.3 Å². The largest absolute Gasteiger partial charge is 0.329 e. The molecule has 0 spiro atoms. The molecule has 26 heavy (non-hydrogen) atoms. The molecule has 2 aromatic heterocycles. The number of H-pyrrole nitrogens is 1. The zero-order valence-electron chi connectivity index (χ0n) is 14.5. The second-order valence-corrected chi connectivity index (χ2v) is 6.79. The van der Waals surface area contributed by atoms with E-state index in [9.17, 15) is 4.79 Å². The Labute approximate surface area is 150 Å². The molecule has 130 valence electrons. The van der Waals surface area contributed by atoms with Crippen molar-refractivity contribution in [1.82, 2.24) is 24.6 Å². The van der Waals surface area contributed by atoms with Crippen molar-refractivity contribution in [2.45, 2.75) is 18.9 Å². The molecule has 2 aromatic carbocycles. The van der Waals surface area contributed by atoms with Crippen LogP contribution in [-0.2, 0) is 7.05 Å². The van der Waals surface area contributed by atoms with Crippen molar-refractivity contribution >= 4 is 27.8 Å². The first kappa shape index (κ1) is 15.1. The number of nitrogens with zero attached hydrogens (tertiary/aromatic N) is 4. The van der Waals surface area contributed by atoms with Crippen molar-refractivity contribution in [3.05, 3.63) is 60.0 Å². The summed E-state index contributed by atoms with van der Waals surface area (Å²) in [7, 11) is 2.02. The highest BCUT2D eigenvalue weighted by atomic mass is 16.2. The van der Waals surface area contributed by atoms with Crippen molar-refractivity contribution in [2.75, 3.05) is 6.54 Å². The van der Waals surface area contributed by atoms with Gasteiger partial charge in [0.05, 0.1) is 22.6 Å². The first-order valence-corrected chi connectivity index (χ1v) is 8.89. The topological polar surface area (TPSA) is 66.8 Å². The fourth-order valence-electron chi connectivity index (χ4n) is 4.00. The fourth-order valence-corrected chi connectivity index (χ4v) is 4.00. The molecule has 1 fully saturated rings. The number of amides is 1. The van der Waals surface area contributed by atoms with Crippen LogP contribution in [0.4, 0.5) is 0 Å². The molecule has 1 aliphatic rings. The normalized spacial score (nSPS) is 17.4. The third-order valence-corrected chi connectivity index (χ3v) is 5.31. The van der Waals surface area contributed by atoms with Crippen LogP contribution in [0.25, 0.3) is 21.9 Å². The van der Waals surface area contributed by atoms with Crippen LogP contribution in [0.5, 0.6) is 0 Å². The Hall–Kier alpha value is -3.15.